The minimum absolute atomic E-state index is 0.137. The second kappa shape index (κ2) is 5.91. The summed E-state index contributed by atoms with van der Waals surface area (Å²) < 4.78 is 13.3. The van der Waals surface area contributed by atoms with Gasteiger partial charge in [-0.2, -0.15) is 0 Å². The lowest BCUT2D eigenvalue weighted by Crippen LogP contribution is -2.32. The van der Waals surface area contributed by atoms with Crippen LogP contribution in [0.2, 0.25) is 0 Å². The summed E-state index contributed by atoms with van der Waals surface area (Å²) in [5.41, 5.74) is 1.63. The molecular weight excluding hydrogens is 269 g/mol. The minimum atomic E-state index is -0.231. The van der Waals surface area contributed by atoms with E-state index in [1.54, 1.807) is 41.6 Å². The minimum Gasteiger partial charge on any atom is -0.324 e. The Balaban J connectivity index is 1.63. The van der Waals surface area contributed by atoms with E-state index < -0.39 is 0 Å². The number of halogens is 1. The molecule has 1 aliphatic heterocycles. The quantitative estimate of drug-likeness (QED) is 0.920. The topological polar surface area (TPSA) is 45.2 Å². The van der Waals surface area contributed by atoms with E-state index in [-0.39, 0.29) is 17.8 Å². The van der Waals surface area contributed by atoms with E-state index in [4.69, 9.17) is 0 Å². The van der Waals surface area contributed by atoms with Gasteiger partial charge in [0.1, 0.15) is 5.82 Å². The van der Waals surface area contributed by atoms with Gasteiger partial charge in [-0.05, 0) is 36.2 Å². The molecule has 0 radical (unpaired) electrons. The molecule has 1 aromatic carbocycles. The van der Waals surface area contributed by atoms with Crippen LogP contribution in [0.4, 0.5) is 14.9 Å². The van der Waals surface area contributed by atoms with Gasteiger partial charge in [0, 0.05) is 25.2 Å². The van der Waals surface area contributed by atoms with Gasteiger partial charge in [0.15, 0.2) is 0 Å². The highest BCUT2D eigenvalue weighted by molar-refractivity contribution is 5.89. The number of pyridine rings is 1. The first-order valence-corrected chi connectivity index (χ1v) is 6.94. The Bertz CT molecular complexity index is 632. The fourth-order valence-corrected chi connectivity index (χ4v) is 2.62. The third-order valence-electron chi connectivity index (χ3n) is 3.71. The molecule has 1 saturated heterocycles. The second-order valence-electron chi connectivity index (χ2n) is 5.16. The first-order chi connectivity index (χ1) is 10.2. The van der Waals surface area contributed by atoms with Crippen molar-refractivity contribution in [3.8, 4) is 0 Å². The van der Waals surface area contributed by atoms with Gasteiger partial charge < -0.3 is 10.2 Å². The van der Waals surface area contributed by atoms with Gasteiger partial charge in [-0.3, -0.25) is 4.98 Å². The smallest absolute Gasteiger partial charge is 0.321 e. The van der Waals surface area contributed by atoms with Crippen LogP contribution in [0.3, 0.4) is 0 Å². The predicted octanol–water partition coefficient (Wildman–Crippen LogP) is 3.24. The van der Waals surface area contributed by atoms with Gasteiger partial charge in [-0.25, -0.2) is 9.18 Å². The van der Waals surface area contributed by atoms with Crippen LogP contribution in [0.1, 0.15) is 17.9 Å². The van der Waals surface area contributed by atoms with Crippen molar-refractivity contribution in [2.24, 2.45) is 0 Å². The van der Waals surface area contributed by atoms with Gasteiger partial charge in [-0.15, -0.1) is 0 Å². The van der Waals surface area contributed by atoms with Crippen molar-refractivity contribution >= 4 is 11.7 Å². The zero-order valence-electron chi connectivity index (χ0n) is 11.5. The van der Waals surface area contributed by atoms with Crippen LogP contribution in [0.15, 0.2) is 48.8 Å². The molecule has 5 heteroatoms. The maximum absolute atomic E-state index is 13.3. The number of carbonyl (C=O) groups excluding carboxylic acids is 1. The number of hydrogen-bond donors (Lipinski definition) is 1. The van der Waals surface area contributed by atoms with E-state index in [0.29, 0.717) is 18.8 Å². The molecule has 1 fully saturated rings. The maximum Gasteiger partial charge on any atom is 0.321 e. The number of nitrogens with one attached hydrogen (secondary N) is 1. The number of carbonyl (C=O) groups is 1. The van der Waals surface area contributed by atoms with E-state index in [1.165, 1.54) is 6.07 Å². The summed E-state index contributed by atoms with van der Waals surface area (Å²) in [5.74, 6) is -0.0360. The average Bonchev–Trinajstić information content (AvgIpc) is 2.98. The van der Waals surface area contributed by atoms with Crippen molar-refractivity contribution in [3.05, 3.63) is 60.2 Å². The van der Waals surface area contributed by atoms with Crippen LogP contribution < -0.4 is 5.32 Å². The molecule has 21 heavy (non-hydrogen) atoms. The Morgan fingerprint density at radius 1 is 1.33 bits per heavy atom. The molecule has 2 heterocycles. The van der Waals surface area contributed by atoms with Gasteiger partial charge in [-0.1, -0.05) is 12.1 Å². The van der Waals surface area contributed by atoms with Crippen LogP contribution in [0.25, 0.3) is 0 Å². The molecule has 0 saturated carbocycles. The first kappa shape index (κ1) is 13.5. The number of amides is 2. The number of hydrogen-bond acceptors (Lipinski definition) is 2. The molecule has 0 spiro atoms. The molecule has 108 valence electrons. The van der Waals surface area contributed by atoms with Gasteiger partial charge in [0.2, 0.25) is 0 Å². The third-order valence-corrected chi connectivity index (χ3v) is 3.71. The first-order valence-electron chi connectivity index (χ1n) is 6.94. The fraction of sp³-hybridized carbons (Fsp3) is 0.250. The molecule has 4 nitrogen and oxygen atoms in total. The van der Waals surface area contributed by atoms with E-state index in [9.17, 15) is 9.18 Å². The van der Waals surface area contributed by atoms with Gasteiger partial charge in [0.25, 0.3) is 0 Å². The molecule has 1 atom stereocenters. The number of urea groups is 1. The number of anilines is 1. The number of likely N-dealkylation sites (tertiary alicyclic amines) is 1. The SMILES string of the molecule is O=C(Nc1cccnc1)N1CC[C@H](c2cccc(F)c2)C1. The Morgan fingerprint density at radius 3 is 3.00 bits per heavy atom. The zero-order chi connectivity index (χ0) is 14.7. The van der Waals surface area contributed by atoms with Gasteiger partial charge in [0.05, 0.1) is 11.9 Å². The highest BCUT2D eigenvalue weighted by atomic mass is 19.1. The van der Waals surface area contributed by atoms with Crippen molar-refractivity contribution in [2.45, 2.75) is 12.3 Å². The Labute approximate surface area is 122 Å². The maximum atomic E-state index is 13.3. The lowest BCUT2D eigenvalue weighted by Gasteiger charge is -2.17. The summed E-state index contributed by atoms with van der Waals surface area (Å²) in [6.07, 6.45) is 4.12. The summed E-state index contributed by atoms with van der Waals surface area (Å²) >= 11 is 0. The standard InChI is InChI=1S/C16H16FN3O/c17-14-4-1-3-12(9-14)13-6-8-20(11-13)16(21)19-15-5-2-7-18-10-15/h1-5,7,9-10,13H,6,8,11H2,(H,19,21)/t13-/m0/s1. The monoisotopic (exact) mass is 285 g/mol. The second-order valence-corrected chi connectivity index (χ2v) is 5.16. The van der Waals surface area contributed by atoms with Crippen LogP contribution in [0, 0.1) is 5.82 Å². The molecule has 3 rings (SSSR count). The fourth-order valence-electron chi connectivity index (χ4n) is 2.62. The summed E-state index contributed by atoms with van der Waals surface area (Å²) in [6, 6.07) is 10.0. The highest BCUT2D eigenvalue weighted by Gasteiger charge is 2.27. The molecule has 1 aromatic heterocycles. The average molecular weight is 285 g/mol. The molecule has 2 aromatic rings. The van der Waals surface area contributed by atoms with E-state index in [1.807, 2.05) is 6.07 Å². The lowest BCUT2D eigenvalue weighted by atomic mass is 9.98. The van der Waals surface area contributed by atoms with Crippen LogP contribution in [-0.4, -0.2) is 29.0 Å². The molecule has 2 amide bonds. The highest BCUT2D eigenvalue weighted by Crippen LogP contribution is 2.27. The van der Waals surface area contributed by atoms with Crippen molar-refractivity contribution in [1.82, 2.24) is 9.88 Å². The molecule has 0 unspecified atom stereocenters. The Kier molecular flexibility index (Phi) is 3.81. The van der Waals surface area contributed by atoms with E-state index in [0.717, 1.165) is 12.0 Å². The number of nitrogens with zero attached hydrogens (tertiary/aromatic N) is 2. The van der Waals surface area contributed by atoms with Crippen LogP contribution in [-0.2, 0) is 0 Å². The van der Waals surface area contributed by atoms with Crippen LogP contribution >= 0.6 is 0 Å². The molecule has 0 aliphatic carbocycles. The van der Waals surface area contributed by atoms with E-state index >= 15 is 0 Å². The molecule has 0 bridgehead atoms. The van der Waals surface area contributed by atoms with Crippen molar-refractivity contribution in [1.29, 1.82) is 0 Å². The lowest BCUT2D eigenvalue weighted by molar-refractivity contribution is 0.222. The molecular formula is C16H16FN3O. The largest absolute Gasteiger partial charge is 0.324 e. The Morgan fingerprint density at radius 2 is 2.24 bits per heavy atom. The van der Waals surface area contributed by atoms with Gasteiger partial charge >= 0.3 is 6.03 Å². The summed E-state index contributed by atoms with van der Waals surface area (Å²) in [6.45, 7) is 1.28. The van der Waals surface area contributed by atoms with Crippen molar-refractivity contribution in [3.63, 3.8) is 0 Å². The molecule has 1 aliphatic rings. The molecule has 1 N–H and O–H groups in total. The Hall–Kier alpha value is -2.43. The van der Waals surface area contributed by atoms with Crippen molar-refractivity contribution in [2.75, 3.05) is 18.4 Å². The van der Waals surface area contributed by atoms with E-state index in [2.05, 4.69) is 10.3 Å². The number of aromatic nitrogens is 1. The van der Waals surface area contributed by atoms with Crippen molar-refractivity contribution < 1.29 is 9.18 Å². The van der Waals surface area contributed by atoms with Crippen LogP contribution in [0.5, 0.6) is 0 Å². The summed E-state index contributed by atoms with van der Waals surface area (Å²) in [4.78, 5) is 17.9. The number of benzene rings is 1. The summed E-state index contributed by atoms with van der Waals surface area (Å²) in [7, 11) is 0. The third kappa shape index (κ3) is 3.18. The normalized spacial score (nSPS) is 17.8. The number of rotatable bonds is 2. The summed E-state index contributed by atoms with van der Waals surface area (Å²) in [5, 5.41) is 2.82. The zero-order valence-corrected chi connectivity index (χ0v) is 11.5. The predicted molar refractivity (Wildman–Crippen MR) is 78.6 cm³/mol.